The molecule has 1 aromatic rings. The van der Waals surface area contributed by atoms with Gasteiger partial charge >= 0.3 is 0 Å². The number of nitrogens with zero attached hydrogens (tertiary/aromatic N) is 2. The highest BCUT2D eigenvalue weighted by atomic mass is 16.5. The summed E-state index contributed by atoms with van der Waals surface area (Å²) < 4.78 is 5.26. The zero-order valence-corrected chi connectivity index (χ0v) is 16.4. The maximum atomic E-state index is 12.3. The van der Waals surface area contributed by atoms with Crippen molar-refractivity contribution < 1.29 is 9.53 Å². The van der Waals surface area contributed by atoms with Crippen LogP contribution in [-0.2, 0) is 11.3 Å². The summed E-state index contributed by atoms with van der Waals surface area (Å²) in [6, 6.07) is 7.92. The zero-order chi connectivity index (χ0) is 18.9. The van der Waals surface area contributed by atoms with Gasteiger partial charge in [-0.1, -0.05) is 19.1 Å². The standard InChI is InChI=1S/C20H32N4O2/c1-5-15(2)23-19(25)18-8-6-7-16(11-18)12-22-20(21-3)24-10-9-17(13-24)14-26-4/h6-8,11,15,17H,5,9-10,12-14H2,1-4H3,(H,21,22)(H,23,25). The first-order valence-electron chi connectivity index (χ1n) is 9.41. The van der Waals surface area contributed by atoms with Crippen LogP contribution in [0.15, 0.2) is 29.3 Å². The van der Waals surface area contributed by atoms with Crippen LogP contribution in [0.3, 0.4) is 0 Å². The lowest BCUT2D eigenvalue weighted by molar-refractivity contribution is 0.0939. The summed E-state index contributed by atoms with van der Waals surface area (Å²) in [5, 5.41) is 6.42. The summed E-state index contributed by atoms with van der Waals surface area (Å²) in [5.74, 6) is 1.44. The number of guanidine groups is 1. The fraction of sp³-hybridized carbons (Fsp3) is 0.600. The van der Waals surface area contributed by atoms with Gasteiger partial charge in [-0.05, 0) is 37.5 Å². The molecule has 1 aromatic carbocycles. The normalized spacial score (nSPS) is 18.7. The summed E-state index contributed by atoms with van der Waals surface area (Å²) in [4.78, 5) is 19.0. The number of hydrogen-bond acceptors (Lipinski definition) is 3. The van der Waals surface area contributed by atoms with Gasteiger partial charge in [-0.2, -0.15) is 0 Å². The molecule has 2 atom stereocenters. The average Bonchev–Trinajstić information content (AvgIpc) is 3.11. The first-order chi connectivity index (χ1) is 12.6. The van der Waals surface area contributed by atoms with E-state index in [1.807, 2.05) is 38.2 Å². The second-order valence-electron chi connectivity index (χ2n) is 6.94. The molecule has 2 rings (SSSR count). The molecule has 1 saturated heterocycles. The number of likely N-dealkylation sites (tertiary alicyclic amines) is 1. The minimum atomic E-state index is -0.0208. The summed E-state index contributed by atoms with van der Waals surface area (Å²) in [5.41, 5.74) is 1.76. The minimum Gasteiger partial charge on any atom is -0.384 e. The van der Waals surface area contributed by atoms with Gasteiger partial charge in [0.05, 0.1) is 6.61 Å². The lowest BCUT2D eigenvalue weighted by atomic mass is 10.1. The Balaban J connectivity index is 1.92. The highest BCUT2D eigenvalue weighted by molar-refractivity contribution is 5.94. The van der Waals surface area contributed by atoms with Gasteiger partial charge in [0, 0.05) is 51.3 Å². The Kier molecular flexibility index (Phi) is 7.91. The van der Waals surface area contributed by atoms with E-state index in [1.54, 1.807) is 7.11 Å². The molecule has 0 aliphatic carbocycles. The van der Waals surface area contributed by atoms with Crippen LogP contribution in [0.5, 0.6) is 0 Å². The van der Waals surface area contributed by atoms with Gasteiger partial charge < -0.3 is 20.3 Å². The van der Waals surface area contributed by atoms with Crippen LogP contribution in [0.2, 0.25) is 0 Å². The molecule has 0 saturated carbocycles. The zero-order valence-electron chi connectivity index (χ0n) is 16.4. The molecule has 26 heavy (non-hydrogen) atoms. The van der Waals surface area contributed by atoms with Crippen molar-refractivity contribution in [2.24, 2.45) is 10.9 Å². The number of benzene rings is 1. The minimum absolute atomic E-state index is 0.0208. The third kappa shape index (κ3) is 5.73. The van der Waals surface area contributed by atoms with Crippen LogP contribution >= 0.6 is 0 Å². The third-order valence-corrected chi connectivity index (χ3v) is 4.83. The number of nitrogens with one attached hydrogen (secondary N) is 2. The van der Waals surface area contributed by atoms with E-state index < -0.39 is 0 Å². The van der Waals surface area contributed by atoms with E-state index in [0.29, 0.717) is 18.0 Å². The summed E-state index contributed by atoms with van der Waals surface area (Å²) in [6.45, 7) is 7.46. The van der Waals surface area contributed by atoms with Crippen LogP contribution in [0.1, 0.15) is 42.6 Å². The van der Waals surface area contributed by atoms with Gasteiger partial charge in [-0.3, -0.25) is 9.79 Å². The van der Waals surface area contributed by atoms with Gasteiger partial charge in [-0.15, -0.1) is 0 Å². The first kappa shape index (κ1) is 20.2. The Labute approximate surface area is 157 Å². The van der Waals surface area contributed by atoms with Crippen molar-refractivity contribution in [1.29, 1.82) is 0 Å². The molecule has 0 aromatic heterocycles. The molecule has 1 aliphatic heterocycles. The van der Waals surface area contributed by atoms with Gasteiger partial charge in [0.1, 0.15) is 0 Å². The van der Waals surface area contributed by atoms with Crippen molar-refractivity contribution in [3.8, 4) is 0 Å². The van der Waals surface area contributed by atoms with E-state index >= 15 is 0 Å². The average molecular weight is 361 g/mol. The number of aliphatic imine (C=N–C) groups is 1. The second-order valence-corrected chi connectivity index (χ2v) is 6.94. The van der Waals surface area contributed by atoms with Crippen molar-refractivity contribution in [2.45, 2.75) is 39.3 Å². The van der Waals surface area contributed by atoms with Crippen LogP contribution in [0.25, 0.3) is 0 Å². The second kappa shape index (κ2) is 10.2. The molecular weight excluding hydrogens is 328 g/mol. The van der Waals surface area contributed by atoms with Crippen molar-refractivity contribution in [2.75, 3.05) is 33.9 Å². The lowest BCUT2D eigenvalue weighted by Crippen LogP contribution is -2.39. The number of methoxy groups -OCH3 is 1. The maximum absolute atomic E-state index is 12.3. The van der Waals surface area contributed by atoms with Gasteiger partial charge in [-0.25, -0.2) is 0 Å². The predicted molar refractivity (Wildman–Crippen MR) is 105 cm³/mol. The van der Waals surface area contributed by atoms with Crippen molar-refractivity contribution in [3.05, 3.63) is 35.4 Å². The SMILES string of the molecule is CCC(C)NC(=O)c1cccc(CNC(=NC)N2CCC(COC)C2)c1. The summed E-state index contributed by atoms with van der Waals surface area (Å²) in [6.07, 6.45) is 2.04. The van der Waals surface area contributed by atoms with Crippen LogP contribution in [0.4, 0.5) is 0 Å². The summed E-state index contributed by atoms with van der Waals surface area (Å²) in [7, 11) is 3.56. The topological polar surface area (TPSA) is 66.0 Å². The van der Waals surface area contributed by atoms with Crippen LogP contribution in [0, 0.1) is 5.92 Å². The highest BCUT2D eigenvalue weighted by Crippen LogP contribution is 2.16. The number of carbonyl (C=O) groups is 1. The van der Waals surface area contributed by atoms with Crippen LogP contribution < -0.4 is 10.6 Å². The lowest BCUT2D eigenvalue weighted by Gasteiger charge is -2.22. The van der Waals surface area contributed by atoms with Crippen LogP contribution in [-0.4, -0.2) is 56.7 Å². The van der Waals surface area contributed by atoms with E-state index in [1.165, 1.54) is 0 Å². The van der Waals surface area contributed by atoms with E-state index in [0.717, 1.165) is 44.1 Å². The van der Waals surface area contributed by atoms with Gasteiger partial charge in [0.15, 0.2) is 5.96 Å². The Morgan fingerprint density at radius 2 is 2.27 bits per heavy atom. The van der Waals surface area contributed by atoms with Crippen molar-refractivity contribution in [3.63, 3.8) is 0 Å². The monoisotopic (exact) mass is 360 g/mol. The van der Waals surface area contributed by atoms with Crippen molar-refractivity contribution in [1.82, 2.24) is 15.5 Å². The molecule has 0 radical (unpaired) electrons. The van der Waals surface area contributed by atoms with E-state index in [4.69, 9.17) is 4.74 Å². The van der Waals surface area contributed by atoms with Gasteiger partial charge in [0.2, 0.25) is 0 Å². The number of hydrogen-bond donors (Lipinski definition) is 2. The van der Waals surface area contributed by atoms with E-state index in [-0.39, 0.29) is 11.9 Å². The molecule has 1 fully saturated rings. The molecule has 6 heteroatoms. The number of rotatable bonds is 7. The number of ether oxygens (including phenoxy) is 1. The van der Waals surface area contributed by atoms with Gasteiger partial charge in [0.25, 0.3) is 5.91 Å². The van der Waals surface area contributed by atoms with E-state index in [9.17, 15) is 4.79 Å². The Morgan fingerprint density at radius 1 is 1.46 bits per heavy atom. The maximum Gasteiger partial charge on any atom is 0.251 e. The fourth-order valence-corrected chi connectivity index (χ4v) is 3.14. The predicted octanol–water partition coefficient (Wildman–Crippen LogP) is 2.26. The fourth-order valence-electron chi connectivity index (χ4n) is 3.14. The quantitative estimate of drug-likeness (QED) is 0.578. The Bertz CT molecular complexity index is 618. The molecule has 1 amide bonds. The molecule has 144 valence electrons. The smallest absolute Gasteiger partial charge is 0.251 e. The highest BCUT2D eigenvalue weighted by Gasteiger charge is 2.24. The molecule has 2 N–H and O–H groups in total. The van der Waals surface area contributed by atoms with E-state index in [2.05, 4.69) is 27.4 Å². The molecular formula is C20H32N4O2. The molecule has 0 bridgehead atoms. The molecule has 2 unspecified atom stereocenters. The Morgan fingerprint density at radius 3 is 2.96 bits per heavy atom. The molecule has 1 heterocycles. The largest absolute Gasteiger partial charge is 0.384 e. The third-order valence-electron chi connectivity index (χ3n) is 4.83. The summed E-state index contributed by atoms with van der Waals surface area (Å²) >= 11 is 0. The number of amides is 1. The molecule has 1 aliphatic rings. The molecule has 6 nitrogen and oxygen atoms in total. The Hall–Kier alpha value is -2.08. The number of carbonyl (C=O) groups excluding carboxylic acids is 1. The molecule has 0 spiro atoms. The first-order valence-corrected chi connectivity index (χ1v) is 9.41. The van der Waals surface area contributed by atoms with Crippen molar-refractivity contribution >= 4 is 11.9 Å².